The van der Waals surface area contributed by atoms with Crippen LogP contribution in [0.3, 0.4) is 0 Å². The van der Waals surface area contributed by atoms with Crippen LogP contribution in [0, 0.1) is 5.92 Å². The molecule has 2 heterocycles. The van der Waals surface area contributed by atoms with Crippen molar-refractivity contribution in [2.75, 3.05) is 6.54 Å². The van der Waals surface area contributed by atoms with Gasteiger partial charge in [-0.05, 0) is 38.1 Å². The summed E-state index contributed by atoms with van der Waals surface area (Å²) in [5.41, 5.74) is 2.09. The predicted molar refractivity (Wildman–Crippen MR) is 79.7 cm³/mol. The Balaban J connectivity index is 1.49. The molecule has 1 fully saturated rings. The van der Waals surface area contributed by atoms with Gasteiger partial charge < -0.3 is 5.32 Å². The highest BCUT2D eigenvalue weighted by molar-refractivity contribution is 7.09. The number of thiazole rings is 1. The number of nitrogens with one attached hydrogen (secondary N) is 1. The first kappa shape index (κ1) is 13.7. The largest absolute Gasteiger partial charge is 0.311 e. The number of rotatable bonds is 8. The van der Waals surface area contributed by atoms with Gasteiger partial charge in [0.25, 0.3) is 0 Å². The van der Waals surface area contributed by atoms with E-state index in [-0.39, 0.29) is 0 Å². The van der Waals surface area contributed by atoms with Crippen molar-refractivity contribution < 1.29 is 0 Å². The van der Waals surface area contributed by atoms with E-state index in [4.69, 9.17) is 0 Å². The minimum atomic E-state index is 0.718. The Morgan fingerprint density at radius 3 is 3.10 bits per heavy atom. The molecule has 2 aromatic heterocycles. The summed E-state index contributed by atoms with van der Waals surface area (Å²) < 4.78 is 1.87. The van der Waals surface area contributed by atoms with Crippen LogP contribution in [-0.2, 0) is 19.5 Å². The van der Waals surface area contributed by atoms with Crippen LogP contribution >= 0.6 is 11.3 Å². The van der Waals surface area contributed by atoms with Gasteiger partial charge in [0.05, 0.1) is 29.1 Å². The second-order valence-corrected chi connectivity index (χ2v) is 6.41. The molecule has 0 radical (unpaired) electrons. The molecule has 0 amide bonds. The Morgan fingerprint density at radius 1 is 1.40 bits per heavy atom. The molecule has 108 valence electrons. The molecule has 3 rings (SSSR count). The summed E-state index contributed by atoms with van der Waals surface area (Å²) in [6.45, 7) is 4.82. The lowest BCUT2D eigenvalue weighted by Crippen LogP contribution is -2.16. The quantitative estimate of drug-likeness (QED) is 0.810. The SMILES string of the molecule is CCCc1nc(Cn2cc(CNCC3CC3)nn2)cs1. The van der Waals surface area contributed by atoms with Crippen LogP contribution in [0.1, 0.15) is 42.6 Å². The summed E-state index contributed by atoms with van der Waals surface area (Å²) in [5.74, 6) is 0.900. The fourth-order valence-corrected chi connectivity index (χ4v) is 3.03. The van der Waals surface area contributed by atoms with Crippen LogP contribution in [0.25, 0.3) is 0 Å². The van der Waals surface area contributed by atoms with Crippen molar-refractivity contribution in [3.8, 4) is 0 Å². The standard InChI is InChI=1S/C14H21N5S/c1-2-3-14-16-13(10-20-14)9-19-8-12(17-18-19)7-15-6-11-4-5-11/h8,10-11,15H,2-7,9H2,1H3. The van der Waals surface area contributed by atoms with E-state index in [0.717, 1.165) is 49.8 Å². The molecule has 6 heteroatoms. The van der Waals surface area contributed by atoms with E-state index in [1.54, 1.807) is 11.3 Å². The molecule has 0 unspecified atom stereocenters. The first-order valence-electron chi connectivity index (χ1n) is 7.36. The molecule has 2 aromatic rings. The zero-order chi connectivity index (χ0) is 13.8. The Labute approximate surface area is 123 Å². The van der Waals surface area contributed by atoms with Gasteiger partial charge in [-0.15, -0.1) is 16.4 Å². The maximum atomic E-state index is 4.61. The lowest BCUT2D eigenvalue weighted by atomic mass is 10.3. The zero-order valence-electron chi connectivity index (χ0n) is 11.9. The fourth-order valence-electron chi connectivity index (χ4n) is 2.14. The molecule has 1 saturated carbocycles. The lowest BCUT2D eigenvalue weighted by Gasteiger charge is -1.98. The van der Waals surface area contributed by atoms with Crippen LogP contribution < -0.4 is 5.32 Å². The van der Waals surface area contributed by atoms with Gasteiger partial charge in [0, 0.05) is 11.9 Å². The van der Waals surface area contributed by atoms with Gasteiger partial charge in [-0.25, -0.2) is 9.67 Å². The third-order valence-corrected chi connectivity index (χ3v) is 4.37. The number of nitrogens with zero attached hydrogens (tertiary/aromatic N) is 4. The fraction of sp³-hybridized carbons (Fsp3) is 0.643. The van der Waals surface area contributed by atoms with E-state index < -0.39 is 0 Å². The Bertz CT molecular complexity index is 543. The van der Waals surface area contributed by atoms with Gasteiger partial charge in [-0.2, -0.15) is 0 Å². The van der Waals surface area contributed by atoms with Gasteiger partial charge in [0.2, 0.25) is 0 Å². The maximum absolute atomic E-state index is 4.61. The van der Waals surface area contributed by atoms with Crippen molar-refractivity contribution in [2.24, 2.45) is 5.92 Å². The minimum Gasteiger partial charge on any atom is -0.311 e. The van der Waals surface area contributed by atoms with Crippen molar-refractivity contribution in [2.45, 2.75) is 45.7 Å². The summed E-state index contributed by atoms with van der Waals surface area (Å²) >= 11 is 1.74. The number of aryl methyl sites for hydroxylation is 1. The maximum Gasteiger partial charge on any atom is 0.0964 e. The van der Waals surface area contributed by atoms with E-state index in [2.05, 4.69) is 32.9 Å². The van der Waals surface area contributed by atoms with Gasteiger partial charge in [-0.3, -0.25) is 0 Å². The molecule has 20 heavy (non-hydrogen) atoms. The molecule has 1 N–H and O–H groups in total. The topological polar surface area (TPSA) is 55.6 Å². The van der Waals surface area contributed by atoms with Gasteiger partial charge >= 0.3 is 0 Å². The second kappa shape index (κ2) is 6.45. The van der Waals surface area contributed by atoms with E-state index in [9.17, 15) is 0 Å². The summed E-state index contributed by atoms with van der Waals surface area (Å²) in [5, 5.41) is 15.1. The second-order valence-electron chi connectivity index (χ2n) is 5.46. The monoisotopic (exact) mass is 291 g/mol. The van der Waals surface area contributed by atoms with Crippen molar-refractivity contribution in [3.05, 3.63) is 28.0 Å². The molecular formula is C14H21N5S. The van der Waals surface area contributed by atoms with Crippen LogP contribution in [0.15, 0.2) is 11.6 Å². The van der Waals surface area contributed by atoms with Gasteiger partial charge in [0.1, 0.15) is 0 Å². The third kappa shape index (κ3) is 3.86. The Kier molecular flexibility index (Phi) is 4.42. The third-order valence-electron chi connectivity index (χ3n) is 3.41. The summed E-state index contributed by atoms with van der Waals surface area (Å²) in [6.07, 6.45) is 6.98. The summed E-state index contributed by atoms with van der Waals surface area (Å²) in [4.78, 5) is 4.61. The van der Waals surface area contributed by atoms with Crippen molar-refractivity contribution in [1.29, 1.82) is 0 Å². The number of aromatic nitrogens is 4. The smallest absolute Gasteiger partial charge is 0.0964 e. The summed E-state index contributed by atoms with van der Waals surface area (Å²) in [6, 6.07) is 0. The van der Waals surface area contributed by atoms with E-state index in [1.165, 1.54) is 17.8 Å². The molecule has 0 aromatic carbocycles. The Hall–Kier alpha value is -1.27. The van der Waals surface area contributed by atoms with Crippen LogP contribution in [-0.4, -0.2) is 26.5 Å². The molecule has 0 atom stereocenters. The highest BCUT2D eigenvalue weighted by Gasteiger charge is 2.20. The zero-order valence-corrected chi connectivity index (χ0v) is 12.7. The first-order chi connectivity index (χ1) is 9.83. The molecule has 1 aliphatic rings. The molecular weight excluding hydrogens is 270 g/mol. The Morgan fingerprint density at radius 2 is 2.30 bits per heavy atom. The number of hydrogen-bond acceptors (Lipinski definition) is 5. The van der Waals surface area contributed by atoms with Crippen LogP contribution in [0.4, 0.5) is 0 Å². The van der Waals surface area contributed by atoms with Crippen molar-refractivity contribution >= 4 is 11.3 Å². The highest BCUT2D eigenvalue weighted by Crippen LogP contribution is 2.27. The first-order valence-corrected chi connectivity index (χ1v) is 8.24. The van der Waals surface area contributed by atoms with E-state index >= 15 is 0 Å². The molecule has 5 nitrogen and oxygen atoms in total. The average molecular weight is 291 g/mol. The molecule has 0 spiro atoms. The molecule has 0 bridgehead atoms. The predicted octanol–water partition coefficient (Wildman–Crippen LogP) is 2.24. The lowest BCUT2D eigenvalue weighted by molar-refractivity contribution is 0.625. The highest BCUT2D eigenvalue weighted by atomic mass is 32.1. The van der Waals surface area contributed by atoms with Crippen molar-refractivity contribution in [3.63, 3.8) is 0 Å². The summed E-state index contributed by atoms with van der Waals surface area (Å²) in [7, 11) is 0. The van der Waals surface area contributed by atoms with Gasteiger partial charge in [0.15, 0.2) is 0 Å². The average Bonchev–Trinajstić information content (AvgIpc) is 2.98. The van der Waals surface area contributed by atoms with Crippen LogP contribution in [0.2, 0.25) is 0 Å². The minimum absolute atomic E-state index is 0.718. The van der Waals surface area contributed by atoms with Crippen LogP contribution in [0.5, 0.6) is 0 Å². The molecule has 0 saturated heterocycles. The normalized spacial score (nSPS) is 14.8. The van der Waals surface area contributed by atoms with Crippen molar-refractivity contribution in [1.82, 2.24) is 25.3 Å². The van der Waals surface area contributed by atoms with Gasteiger partial charge in [-0.1, -0.05) is 12.1 Å². The molecule has 1 aliphatic carbocycles. The van der Waals surface area contributed by atoms with E-state index in [0.29, 0.717) is 0 Å². The van der Waals surface area contributed by atoms with E-state index in [1.807, 2.05) is 10.9 Å². The number of hydrogen-bond donors (Lipinski definition) is 1. The molecule has 0 aliphatic heterocycles.